The number of quaternary nitrogens is 1. The van der Waals surface area contributed by atoms with Crippen molar-refractivity contribution in [1.29, 1.82) is 0 Å². The maximum Gasteiger partial charge on any atom is 0.269 e. The summed E-state index contributed by atoms with van der Waals surface area (Å²) < 4.78 is 6.94. The van der Waals surface area contributed by atoms with Crippen molar-refractivity contribution in [2.75, 3.05) is 34.3 Å². The summed E-state index contributed by atoms with van der Waals surface area (Å²) in [6.45, 7) is 2.04. The first-order chi connectivity index (χ1) is 15.3. The van der Waals surface area contributed by atoms with Crippen LogP contribution in [0.3, 0.4) is 0 Å². The zero-order valence-corrected chi connectivity index (χ0v) is 20.2. The fourth-order valence-corrected chi connectivity index (χ4v) is 3.81. The van der Waals surface area contributed by atoms with Gasteiger partial charge in [-0.05, 0) is 54.7 Å². The zero-order chi connectivity index (χ0) is 23.2. The first-order valence-electron chi connectivity index (χ1n) is 12.1. The number of nitrogens with zero attached hydrogens (tertiary/aromatic N) is 2. The van der Waals surface area contributed by atoms with E-state index in [1.54, 1.807) is 12.1 Å². The van der Waals surface area contributed by atoms with E-state index >= 15 is 0 Å². The highest BCUT2D eigenvalue weighted by atomic mass is 16.6. The van der Waals surface area contributed by atoms with Crippen molar-refractivity contribution >= 4 is 5.69 Å². The quantitative estimate of drug-likeness (QED) is 0.119. The Hall–Kier alpha value is -2.40. The molecule has 0 saturated heterocycles. The van der Waals surface area contributed by atoms with Gasteiger partial charge < -0.3 is 9.22 Å². The van der Waals surface area contributed by atoms with Crippen LogP contribution in [0.15, 0.2) is 48.5 Å². The summed E-state index contributed by atoms with van der Waals surface area (Å²) in [6.07, 6.45) is 13.2. The third kappa shape index (κ3) is 10.8. The lowest BCUT2D eigenvalue weighted by atomic mass is 10.1. The van der Waals surface area contributed by atoms with Crippen LogP contribution in [-0.2, 0) is 0 Å². The van der Waals surface area contributed by atoms with E-state index in [1.165, 1.54) is 76.5 Å². The van der Waals surface area contributed by atoms with E-state index in [2.05, 4.69) is 21.1 Å². The molecule has 0 aliphatic rings. The number of unbranched alkanes of at least 4 members (excludes halogenated alkanes) is 9. The molecular weight excluding hydrogens is 400 g/mol. The van der Waals surface area contributed by atoms with E-state index in [4.69, 9.17) is 4.74 Å². The van der Waals surface area contributed by atoms with Crippen LogP contribution in [-0.4, -0.2) is 43.7 Å². The van der Waals surface area contributed by atoms with E-state index in [1.807, 2.05) is 24.3 Å². The van der Waals surface area contributed by atoms with E-state index < -0.39 is 0 Å². The molecule has 0 aliphatic heterocycles. The lowest BCUT2D eigenvalue weighted by Gasteiger charge is -2.23. The monoisotopic (exact) mass is 441 g/mol. The SMILES string of the molecule is C[N+](C)(C)CCCCCCCCCCCCOc1ccc(-c2ccc([N+](=O)[O-])cc2)cc1. The molecule has 0 unspecified atom stereocenters. The Morgan fingerprint density at radius 3 is 1.59 bits per heavy atom. The molecule has 0 heterocycles. The lowest BCUT2D eigenvalue weighted by Crippen LogP contribution is -2.35. The van der Waals surface area contributed by atoms with Gasteiger partial charge in [0.15, 0.2) is 0 Å². The van der Waals surface area contributed by atoms with Crippen LogP contribution in [0.2, 0.25) is 0 Å². The average Bonchev–Trinajstić information content (AvgIpc) is 2.76. The molecule has 32 heavy (non-hydrogen) atoms. The molecule has 0 bridgehead atoms. The highest BCUT2D eigenvalue weighted by Crippen LogP contribution is 2.24. The van der Waals surface area contributed by atoms with Crippen LogP contribution < -0.4 is 4.74 Å². The van der Waals surface area contributed by atoms with Crippen molar-refractivity contribution in [2.24, 2.45) is 0 Å². The van der Waals surface area contributed by atoms with Crippen LogP contribution in [0, 0.1) is 10.1 Å². The Morgan fingerprint density at radius 2 is 1.12 bits per heavy atom. The van der Waals surface area contributed by atoms with Gasteiger partial charge in [-0.15, -0.1) is 0 Å². The molecule has 0 N–H and O–H groups in total. The van der Waals surface area contributed by atoms with Gasteiger partial charge in [0.2, 0.25) is 0 Å². The summed E-state index contributed by atoms with van der Waals surface area (Å²) in [7, 11) is 6.81. The summed E-state index contributed by atoms with van der Waals surface area (Å²) in [5, 5.41) is 10.8. The Labute approximate surface area is 194 Å². The number of nitro benzene ring substituents is 1. The second-order valence-corrected chi connectivity index (χ2v) is 9.73. The van der Waals surface area contributed by atoms with Gasteiger partial charge in [0.25, 0.3) is 5.69 Å². The lowest BCUT2D eigenvalue weighted by molar-refractivity contribution is -0.870. The summed E-state index contributed by atoms with van der Waals surface area (Å²) in [5.74, 6) is 0.876. The molecule has 0 aromatic heterocycles. The summed E-state index contributed by atoms with van der Waals surface area (Å²) >= 11 is 0. The first kappa shape index (κ1) is 25.9. The van der Waals surface area contributed by atoms with E-state index in [9.17, 15) is 10.1 Å². The smallest absolute Gasteiger partial charge is 0.269 e. The molecule has 0 spiro atoms. The maximum atomic E-state index is 10.8. The Bertz CT molecular complexity index is 780. The molecule has 176 valence electrons. The number of benzene rings is 2. The van der Waals surface area contributed by atoms with Gasteiger partial charge in [0.1, 0.15) is 5.75 Å². The molecule has 0 saturated carbocycles. The van der Waals surface area contributed by atoms with Crippen LogP contribution in [0.25, 0.3) is 11.1 Å². The van der Waals surface area contributed by atoms with Gasteiger partial charge in [-0.3, -0.25) is 10.1 Å². The second-order valence-electron chi connectivity index (χ2n) is 9.73. The van der Waals surface area contributed by atoms with Crippen LogP contribution >= 0.6 is 0 Å². The highest BCUT2D eigenvalue weighted by Gasteiger charge is 2.06. The normalized spacial score (nSPS) is 11.5. The fraction of sp³-hybridized carbons (Fsp3) is 0.556. The molecule has 0 amide bonds. The minimum atomic E-state index is -0.379. The van der Waals surface area contributed by atoms with Crippen molar-refractivity contribution in [3.8, 4) is 16.9 Å². The number of hydrogen-bond donors (Lipinski definition) is 0. The zero-order valence-electron chi connectivity index (χ0n) is 20.2. The Balaban J connectivity index is 1.49. The van der Waals surface area contributed by atoms with Gasteiger partial charge in [0, 0.05) is 12.1 Å². The topological polar surface area (TPSA) is 52.4 Å². The predicted octanol–water partition coefficient (Wildman–Crippen LogP) is 7.25. The number of rotatable bonds is 16. The molecule has 0 radical (unpaired) electrons. The third-order valence-electron chi connectivity index (χ3n) is 5.76. The van der Waals surface area contributed by atoms with Crippen LogP contribution in [0.4, 0.5) is 5.69 Å². The Kier molecular flexibility index (Phi) is 11.2. The van der Waals surface area contributed by atoms with E-state index in [0.29, 0.717) is 0 Å². The molecular formula is C27H41N2O3+. The van der Waals surface area contributed by atoms with Crippen molar-refractivity contribution < 1.29 is 14.1 Å². The van der Waals surface area contributed by atoms with Crippen LogP contribution in [0.5, 0.6) is 5.75 Å². The Morgan fingerprint density at radius 1 is 0.688 bits per heavy atom. The van der Waals surface area contributed by atoms with Gasteiger partial charge in [-0.25, -0.2) is 0 Å². The van der Waals surface area contributed by atoms with Gasteiger partial charge >= 0.3 is 0 Å². The summed E-state index contributed by atoms with van der Waals surface area (Å²) in [5.41, 5.74) is 2.10. The van der Waals surface area contributed by atoms with Crippen molar-refractivity contribution in [2.45, 2.75) is 64.2 Å². The molecule has 0 aliphatic carbocycles. The first-order valence-corrected chi connectivity index (χ1v) is 12.1. The van der Waals surface area contributed by atoms with E-state index in [-0.39, 0.29) is 10.6 Å². The minimum absolute atomic E-state index is 0.111. The summed E-state index contributed by atoms with van der Waals surface area (Å²) in [6, 6.07) is 14.6. The summed E-state index contributed by atoms with van der Waals surface area (Å²) in [4.78, 5) is 10.4. The maximum absolute atomic E-state index is 10.8. The number of non-ortho nitro benzene ring substituents is 1. The molecule has 2 rings (SSSR count). The standard InChI is InChI=1S/C27H41N2O3/c1-29(2,3)22-12-10-8-6-4-5-7-9-11-13-23-32-27-20-16-25(17-21-27)24-14-18-26(19-15-24)28(30)31/h14-21H,4-13,22-23H2,1-3H3/q+1. The molecule has 5 nitrogen and oxygen atoms in total. The van der Waals surface area contributed by atoms with Crippen molar-refractivity contribution in [3.05, 3.63) is 58.6 Å². The van der Waals surface area contributed by atoms with E-state index in [0.717, 1.165) is 34.4 Å². The fourth-order valence-electron chi connectivity index (χ4n) is 3.81. The third-order valence-corrected chi connectivity index (χ3v) is 5.76. The van der Waals surface area contributed by atoms with Gasteiger partial charge in [-0.1, -0.05) is 57.1 Å². The number of ether oxygens (including phenoxy) is 1. The van der Waals surface area contributed by atoms with Gasteiger partial charge in [0.05, 0.1) is 39.2 Å². The molecule has 2 aromatic carbocycles. The minimum Gasteiger partial charge on any atom is -0.494 e. The molecule has 2 aromatic rings. The molecule has 0 fully saturated rings. The predicted molar refractivity (Wildman–Crippen MR) is 133 cm³/mol. The van der Waals surface area contributed by atoms with Crippen molar-refractivity contribution in [1.82, 2.24) is 0 Å². The van der Waals surface area contributed by atoms with Crippen LogP contribution in [0.1, 0.15) is 64.2 Å². The highest BCUT2D eigenvalue weighted by molar-refractivity contribution is 5.65. The largest absolute Gasteiger partial charge is 0.494 e. The average molecular weight is 442 g/mol. The second kappa shape index (κ2) is 13.9. The van der Waals surface area contributed by atoms with Gasteiger partial charge in [-0.2, -0.15) is 0 Å². The van der Waals surface area contributed by atoms with Crippen molar-refractivity contribution in [3.63, 3.8) is 0 Å². The molecule has 5 heteroatoms. The number of nitro groups is 1. The number of hydrogen-bond acceptors (Lipinski definition) is 3. The molecule has 0 atom stereocenters.